The van der Waals surface area contributed by atoms with Crippen molar-refractivity contribution in [2.24, 2.45) is 0 Å². The van der Waals surface area contributed by atoms with Gasteiger partial charge < -0.3 is 15.7 Å². The highest BCUT2D eigenvalue weighted by atomic mass is 16.3. The summed E-state index contributed by atoms with van der Waals surface area (Å²) in [5, 5.41) is 15.6. The van der Waals surface area contributed by atoms with Crippen LogP contribution in [-0.4, -0.2) is 35.2 Å². The van der Waals surface area contributed by atoms with Crippen LogP contribution in [0.25, 0.3) is 0 Å². The van der Waals surface area contributed by atoms with E-state index in [9.17, 15) is 4.79 Å². The Kier molecular flexibility index (Phi) is 3.26. The van der Waals surface area contributed by atoms with Gasteiger partial charge in [-0.1, -0.05) is 0 Å². The minimum absolute atomic E-state index is 0.0173. The third-order valence-electron chi connectivity index (χ3n) is 3.32. The van der Waals surface area contributed by atoms with Crippen molar-refractivity contribution in [1.29, 1.82) is 0 Å². The van der Waals surface area contributed by atoms with Crippen molar-refractivity contribution in [1.82, 2.24) is 10.6 Å². The van der Waals surface area contributed by atoms with E-state index in [-0.39, 0.29) is 12.3 Å². The summed E-state index contributed by atoms with van der Waals surface area (Å²) in [6.45, 7) is 1.64. The molecule has 86 valence electrons. The molecule has 4 nitrogen and oxygen atoms in total. The Morgan fingerprint density at radius 2 is 2.07 bits per heavy atom. The Balaban J connectivity index is 1.78. The van der Waals surface area contributed by atoms with Crippen LogP contribution in [0.15, 0.2) is 0 Å². The first-order chi connectivity index (χ1) is 7.13. The number of hydrogen-bond acceptors (Lipinski definition) is 3. The molecule has 2 bridgehead atoms. The van der Waals surface area contributed by atoms with Gasteiger partial charge in [-0.25, -0.2) is 0 Å². The molecule has 0 aliphatic carbocycles. The van der Waals surface area contributed by atoms with Crippen molar-refractivity contribution in [3.8, 4) is 0 Å². The van der Waals surface area contributed by atoms with Crippen LogP contribution < -0.4 is 10.6 Å². The SMILES string of the molecule is CC(O)CC(=O)NC1CC2CCC(C1)N2. The molecule has 0 radical (unpaired) electrons. The molecular formula is C11H20N2O2. The highest BCUT2D eigenvalue weighted by Crippen LogP contribution is 2.26. The topological polar surface area (TPSA) is 61.4 Å². The second-order valence-electron chi connectivity index (χ2n) is 4.93. The summed E-state index contributed by atoms with van der Waals surface area (Å²) in [4.78, 5) is 11.5. The molecule has 0 aromatic carbocycles. The Morgan fingerprint density at radius 3 is 2.60 bits per heavy atom. The van der Waals surface area contributed by atoms with Crippen LogP contribution in [-0.2, 0) is 4.79 Å². The first-order valence-corrected chi connectivity index (χ1v) is 5.87. The normalized spacial score (nSPS) is 36.3. The second-order valence-corrected chi connectivity index (χ2v) is 4.93. The fourth-order valence-electron chi connectivity index (χ4n) is 2.73. The molecule has 1 amide bonds. The number of hydrogen-bond donors (Lipinski definition) is 3. The number of aliphatic hydroxyl groups is 1. The van der Waals surface area contributed by atoms with E-state index in [0.29, 0.717) is 18.1 Å². The van der Waals surface area contributed by atoms with Gasteiger partial charge in [0.1, 0.15) is 0 Å². The van der Waals surface area contributed by atoms with E-state index in [4.69, 9.17) is 5.11 Å². The van der Waals surface area contributed by atoms with Gasteiger partial charge in [0.2, 0.25) is 5.91 Å². The molecule has 0 aromatic heterocycles. The molecule has 15 heavy (non-hydrogen) atoms. The van der Waals surface area contributed by atoms with E-state index in [1.165, 1.54) is 12.8 Å². The van der Waals surface area contributed by atoms with E-state index < -0.39 is 6.10 Å². The monoisotopic (exact) mass is 212 g/mol. The Hall–Kier alpha value is -0.610. The van der Waals surface area contributed by atoms with Gasteiger partial charge >= 0.3 is 0 Å². The van der Waals surface area contributed by atoms with E-state index in [0.717, 1.165) is 12.8 Å². The molecule has 2 saturated heterocycles. The van der Waals surface area contributed by atoms with Crippen molar-refractivity contribution < 1.29 is 9.90 Å². The number of fused-ring (bicyclic) bond motifs is 2. The molecule has 3 N–H and O–H groups in total. The largest absolute Gasteiger partial charge is 0.393 e. The molecule has 0 saturated carbocycles. The van der Waals surface area contributed by atoms with Gasteiger partial charge in [0.05, 0.1) is 12.5 Å². The number of carbonyl (C=O) groups is 1. The molecule has 2 fully saturated rings. The average molecular weight is 212 g/mol. The Bertz CT molecular complexity index is 231. The number of nitrogens with one attached hydrogen (secondary N) is 2. The van der Waals surface area contributed by atoms with Crippen LogP contribution in [0.4, 0.5) is 0 Å². The van der Waals surface area contributed by atoms with Crippen LogP contribution >= 0.6 is 0 Å². The molecule has 2 aliphatic heterocycles. The average Bonchev–Trinajstić information content (AvgIpc) is 2.44. The number of aliphatic hydroxyl groups excluding tert-OH is 1. The second kappa shape index (κ2) is 4.49. The third-order valence-corrected chi connectivity index (χ3v) is 3.32. The van der Waals surface area contributed by atoms with Gasteiger partial charge in [-0.2, -0.15) is 0 Å². The molecular weight excluding hydrogens is 192 g/mol. The van der Waals surface area contributed by atoms with Gasteiger partial charge in [0, 0.05) is 18.1 Å². The van der Waals surface area contributed by atoms with E-state index >= 15 is 0 Å². The van der Waals surface area contributed by atoms with Crippen LogP contribution in [0.5, 0.6) is 0 Å². The Morgan fingerprint density at radius 1 is 1.47 bits per heavy atom. The molecule has 4 heteroatoms. The van der Waals surface area contributed by atoms with Crippen molar-refractivity contribution in [2.45, 2.75) is 63.3 Å². The highest BCUT2D eigenvalue weighted by molar-refractivity contribution is 5.76. The quantitative estimate of drug-likeness (QED) is 0.624. The third kappa shape index (κ3) is 2.92. The van der Waals surface area contributed by atoms with Gasteiger partial charge in [0.25, 0.3) is 0 Å². The Labute approximate surface area is 90.4 Å². The highest BCUT2D eigenvalue weighted by Gasteiger charge is 2.33. The van der Waals surface area contributed by atoms with Gasteiger partial charge in [0.15, 0.2) is 0 Å². The van der Waals surface area contributed by atoms with E-state index in [1.54, 1.807) is 6.92 Å². The summed E-state index contributed by atoms with van der Waals surface area (Å²) in [7, 11) is 0. The lowest BCUT2D eigenvalue weighted by atomic mass is 9.99. The zero-order valence-electron chi connectivity index (χ0n) is 9.20. The molecule has 2 rings (SSSR count). The maximum absolute atomic E-state index is 11.5. The predicted molar refractivity (Wildman–Crippen MR) is 57.4 cm³/mol. The minimum Gasteiger partial charge on any atom is -0.393 e. The van der Waals surface area contributed by atoms with Gasteiger partial charge in [-0.3, -0.25) is 4.79 Å². The van der Waals surface area contributed by atoms with Crippen molar-refractivity contribution >= 4 is 5.91 Å². The maximum atomic E-state index is 11.5. The summed E-state index contributed by atoms with van der Waals surface area (Å²) >= 11 is 0. The summed E-state index contributed by atoms with van der Waals surface area (Å²) in [5.41, 5.74) is 0. The summed E-state index contributed by atoms with van der Waals surface area (Å²) in [6, 6.07) is 1.51. The molecule has 0 spiro atoms. The summed E-state index contributed by atoms with van der Waals surface area (Å²) in [6.07, 6.45) is 4.26. The number of amides is 1. The zero-order valence-corrected chi connectivity index (χ0v) is 9.20. The fourth-order valence-corrected chi connectivity index (χ4v) is 2.73. The van der Waals surface area contributed by atoms with Crippen molar-refractivity contribution in [3.63, 3.8) is 0 Å². The smallest absolute Gasteiger partial charge is 0.222 e. The molecule has 2 aliphatic rings. The van der Waals surface area contributed by atoms with Gasteiger partial charge in [-0.05, 0) is 32.6 Å². The molecule has 0 aromatic rings. The number of rotatable bonds is 3. The number of piperidine rings is 1. The summed E-state index contributed by atoms with van der Waals surface area (Å²) < 4.78 is 0. The number of carbonyl (C=O) groups excluding carboxylic acids is 1. The van der Waals surface area contributed by atoms with Crippen LogP contribution in [0.3, 0.4) is 0 Å². The first kappa shape index (κ1) is 10.9. The molecule has 2 heterocycles. The predicted octanol–water partition coefficient (Wildman–Crippen LogP) is 0.156. The molecule has 3 atom stereocenters. The maximum Gasteiger partial charge on any atom is 0.222 e. The van der Waals surface area contributed by atoms with Crippen LogP contribution in [0.1, 0.15) is 39.0 Å². The summed E-state index contributed by atoms with van der Waals surface area (Å²) in [5.74, 6) is -0.0173. The van der Waals surface area contributed by atoms with E-state index in [1.807, 2.05) is 0 Å². The lowest BCUT2D eigenvalue weighted by Gasteiger charge is -2.29. The van der Waals surface area contributed by atoms with E-state index in [2.05, 4.69) is 10.6 Å². The molecule has 3 unspecified atom stereocenters. The fraction of sp³-hybridized carbons (Fsp3) is 0.909. The minimum atomic E-state index is -0.538. The van der Waals surface area contributed by atoms with Crippen molar-refractivity contribution in [3.05, 3.63) is 0 Å². The lowest BCUT2D eigenvalue weighted by molar-refractivity contribution is -0.123. The zero-order chi connectivity index (χ0) is 10.8. The van der Waals surface area contributed by atoms with Gasteiger partial charge in [-0.15, -0.1) is 0 Å². The standard InChI is InChI=1S/C11H20N2O2/c1-7(14)4-11(15)13-10-5-8-2-3-9(6-10)12-8/h7-10,12,14H,2-6H2,1H3,(H,13,15). The van der Waals surface area contributed by atoms with Crippen LogP contribution in [0.2, 0.25) is 0 Å². The first-order valence-electron chi connectivity index (χ1n) is 5.87. The van der Waals surface area contributed by atoms with Crippen molar-refractivity contribution in [2.75, 3.05) is 0 Å². The lowest BCUT2D eigenvalue weighted by Crippen LogP contribution is -2.48. The van der Waals surface area contributed by atoms with Crippen LogP contribution in [0, 0.1) is 0 Å².